The van der Waals surface area contributed by atoms with Crippen LogP contribution in [0.3, 0.4) is 0 Å². The van der Waals surface area contributed by atoms with Crippen molar-refractivity contribution in [1.29, 1.82) is 0 Å². The molecule has 0 spiro atoms. The Hall–Kier alpha value is -3.01. The molecular weight excluding hydrogens is 452 g/mol. The van der Waals surface area contributed by atoms with Gasteiger partial charge < -0.3 is 29.2 Å². The average Bonchev–Trinajstić information content (AvgIpc) is 3.16. The fourth-order valence-corrected chi connectivity index (χ4v) is 3.80. The first-order chi connectivity index (χ1) is 15.6. The summed E-state index contributed by atoms with van der Waals surface area (Å²) in [5.74, 6) is 0.345. The quantitative estimate of drug-likeness (QED) is 0.490. The number of carbonyl (C=O) groups is 2. The summed E-state index contributed by atoms with van der Waals surface area (Å²) in [6, 6.07) is 2.93. The highest BCUT2D eigenvalue weighted by atomic mass is 35.5. The molecule has 33 heavy (non-hydrogen) atoms. The van der Waals surface area contributed by atoms with Crippen LogP contribution in [0.2, 0.25) is 5.28 Å². The summed E-state index contributed by atoms with van der Waals surface area (Å²) in [5, 5.41) is 3.91. The molecule has 10 nitrogen and oxygen atoms in total. The van der Waals surface area contributed by atoms with Crippen LogP contribution in [0.1, 0.15) is 27.7 Å². The van der Waals surface area contributed by atoms with E-state index in [9.17, 15) is 9.59 Å². The molecule has 180 valence electrons. The second kappa shape index (κ2) is 9.86. The Labute approximate surface area is 197 Å². The molecule has 2 atom stereocenters. The van der Waals surface area contributed by atoms with Crippen LogP contribution >= 0.6 is 11.6 Å². The lowest BCUT2D eigenvalue weighted by molar-refractivity contribution is -0.147. The van der Waals surface area contributed by atoms with E-state index in [1.165, 1.54) is 19.1 Å². The summed E-state index contributed by atoms with van der Waals surface area (Å²) in [4.78, 5) is 35.4. The lowest BCUT2D eigenvalue weighted by Crippen LogP contribution is -2.36. The maximum Gasteiger partial charge on any atom is 0.410 e. The van der Waals surface area contributed by atoms with E-state index in [0.29, 0.717) is 28.2 Å². The van der Waals surface area contributed by atoms with Gasteiger partial charge in [0.1, 0.15) is 11.4 Å². The van der Waals surface area contributed by atoms with E-state index in [1.807, 2.05) is 0 Å². The topological polar surface area (TPSA) is 112 Å². The Bertz CT molecular complexity index is 1040. The van der Waals surface area contributed by atoms with Gasteiger partial charge >= 0.3 is 12.1 Å². The molecule has 1 N–H and O–H groups in total. The minimum Gasteiger partial charge on any atom is -0.493 e. The zero-order chi connectivity index (χ0) is 24.3. The molecule has 0 bridgehead atoms. The smallest absolute Gasteiger partial charge is 0.410 e. The maximum atomic E-state index is 12.7. The summed E-state index contributed by atoms with van der Waals surface area (Å²) < 4.78 is 21.5. The number of nitrogens with zero attached hydrogens (tertiary/aromatic N) is 3. The molecule has 1 aromatic carbocycles. The molecular formula is C22H29ClN4O6. The Balaban J connectivity index is 1.96. The molecule has 1 aliphatic rings. The fraction of sp³-hybridized carbons (Fsp3) is 0.545. The standard InChI is InChI=1S/C22H29ClN4O6/c1-7-32-19(28)13-10-27(21(29)33-22(2,3)4)11-15(13)24-18-12-8-16(30-5)17(31-6)9-14(12)25-20(23)26-18/h8-9,13,15H,7,10-11H2,1-6H3,(H,24,25,26)/t13-,15-/m1/s1. The number of aromatic nitrogens is 2. The van der Waals surface area contributed by atoms with Gasteiger partial charge in [-0.05, 0) is 45.4 Å². The van der Waals surface area contributed by atoms with Crippen molar-refractivity contribution < 1.29 is 28.5 Å². The first-order valence-corrected chi connectivity index (χ1v) is 10.9. The van der Waals surface area contributed by atoms with Crippen LogP contribution in [-0.4, -0.2) is 72.5 Å². The first-order valence-electron chi connectivity index (χ1n) is 10.6. The van der Waals surface area contributed by atoms with Gasteiger partial charge in [0, 0.05) is 24.5 Å². The number of methoxy groups -OCH3 is 2. The zero-order valence-corrected chi connectivity index (χ0v) is 20.4. The van der Waals surface area contributed by atoms with Gasteiger partial charge in [-0.2, -0.15) is 0 Å². The Morgan fingerprint density at radius 2 is 1.82 bits per heavy atom. The molecule has 0 unspecified atom stereocenters. The third-order valence-electron chi connectivity index (χ3n) is 5.06. The lowest BCUT2D eigenvalue weighted by atomic mass is 10.0. The number of esters is 1. The third kappa shape index (κ3) is 5.68. The Kier molecular flexibility index (Phi) is 7.36. The largest absolute Gasteiger partial charge is 0.493 e. The number of likely N-dealkylation sites (tertiary alicyclic amines) is 1. The summed E-state index contributed by atoms with van der Waals surface area (Å²) >= 11 is 6.17. The van der Waals surface area contributed by atoms with E-state index in [2.05, 4.69) is 15.3 Å². The summed E-state index contributed by atoms with van der Waals surface area (Å²) in [7, 11) is 3.05. The van der Waals surface area contributed by atoms with Crippen molar-refractivity contribution in [2.24, 2.45) is 5.92 Å². The molecule has 1 amide bonds. The number of ether oxygens (including phenoxy) is 4. The van der Waals surface area contributed by atoms with E-state index < -0.39 is 29.6 Å². The van der Waals surface area contributed by atoms with E-state index in [1.54, 1.807) is 39.8 Å². The Morgan fingerprint density at radius 1 is 1.15 bits per heavy atom. The number of benzene rings is 1. The van der Waals surface area contributed by atoms with Crippen LogP contribution < -0.4 is 14.8 Å². The number of nitrogens with one attached hydrogen (secondary N) is 1. The summed E-state index contributed by atoms with van der Waals surface area (Å²) in [6.45, 7) is 7.70. The second-order valence-electron chi connectivity index (χ2n) is 8.56. The fourth-order valence-electron chi connectivity index (χ4n) is 3.63. The monoisotopic (exact) mass is 480 g/mol. The van der Waals surface area contributed by atoms with Gasteiger partial charge in [-0.1, -0.05) is 0 Å². The zero-order valence-electron chi connectivity index (χ0n) is 19.6. The van der Waals surface area contributed by atoms with Gasteiger partial charge in [0.15, 0.2) is 11.5 Å². The summed E-state index contributed by atoms with van der Waals surface area (Å²) in [5.41, 5.74) is -0.126. The minimum atomic E-state index is -0.659. The molecule has 11 heteroatoms. The molecule has 1 aliphatic heterocycles. The van der Waals surface area contributed by atoms with Gasteiger partial charge in [0.25, 0.3) is 0 Å². The van der Waals surface area contributed by atoms with Gasteiger partial charge in [0.2, 0.25) is 5.28 Å². The van der Waals surface area contributed by atoms with Crippen molar-refractivity contribution in [1.82, 2.24) is 14.9 Å². The van der Waals surface area contributed by atoms with Crippen LogP contribution in [0.15, 0.2) is 12.1 Å². The van der Waals surface area contributed by atoms with E-state index in [0.717, 1.165) is 0 Å². The number of anilines is 1. The number of fused-ring (bicyclic) bond motifs is 1. The van der Waals surface area contributed by atoms with Crippen LogP contribution in [-0.2, 0) is 14.3 Å². The van der Waals surface area contributed by atoms with Crippen LogP contribution in [0.25, 0.3) is 10.9 Å². The second-order valence-corrected chi connectivity index (χ2v) is 8.90. The molecule has 2 aromatic rings. The Morgan fingerprint density at radius 3 is 2.42 bits per heavy atom. The highest BCUT2D eigenvalue weighted by Gasteiger charge is 2.42. The molecule has 1 saturated heterocycles. The molecule has 1 fully saturated rings. The van der Waals surface area contributed by atoms with Crippen molar-refractivity contribution in [3.05, 3.63) is 17.4 Å². The SMILES string of the molecule is CCOC(=O)[C@@H]1CN(C(=O)OC(C)(C)C)C[C@H]1Nc1nc(Cl)nc2cc(OC)c(OC)cc12. The lowest BCUT2D eigenvalue weighted by Gasteiger charge is -2.24. The minimum absolute atomic E-state index is 0.0203. The van der Waals surface area contributed by atoms with Crippen molar-refractivity contribution in [2.75, 3.05) is 39.2 Å². The summed E-state index contributed by atoms with van der Waals surface area (Å²) in [6.07, 6.45) is -0.502. The normalized spacial score (nSPS) is 18.2. The molecule has 1 aromatic heterocycles. The van der Waals surface area contributed by atoms with Crippen LogP contribution in [0.5, 0.6) is 11.5 Å². The molecule has 0 radical (unpaired) electrons. The molecule has 2 heterocycles. The number of hydrogen-bond acceptors (Lipinski definition) is 9. The van der Waals surface area contributed by atoms with Gasteiger partial charge in [-0.3, -0.25) is 4.79 Å². The van der Waals surface area contributed by atoms with Gasteiger partial charge in [-0.15, -0.1) is 0 Å². The number of rotatable bonds is 6. The van der Waals surface area contributed by atoms with Gasteiger partial charge in [-0.25, -0.2) is 14.8 Å². The third-order valence-corrected chi connectivity index (χ3v) is 5.23. The van der Waals surface area contributed by atoms with E-state index in [4.69, 9.17) is 30.5 Å². The predicted molar refractivity (Wildman–Crippen MR) is 123 cm³/mol. The van der Waals surface area contributed by atoms with Crippen molar-refractivity contribution in [2.45, 2.75) is 39.3 Å². The van der Waals surface area contributed by atoms with Crippen LogP contribution in [0, 0.1) is 5.92 Å². The van der Waals surface area contributed by atoms with Crippen molar-refractivity contribution >= 4 is 40.4 Å². The van der Waals surface area contributed by atoms with E-state index >= 15 is 0 Å². The number of amides is 1. The number of hydrogen-bond donors (Lipinski definition) is 1. The van der Waals surface area contributed by atoms with Gasteiger partial charge in [0.05, 0.1) is 38.3 Å². The molecule has 0 saturated carbocycles. The number of carbonyl (C=O) groups excluding carboxylic acids is 2. The molecule has 3 rings (SSSR count). The first kappa shape index (κ1) is 24.6. The predicted octanol–water partition coefficient (Wildman–Crippen LogP) is 3.51. The maximum absolute atomic E-state index is 12.7. The molecule has 0 aliphatic carbocycles. The highest BCUT2D eigenvalue weighted by Crippen LogP contribution is 2.35. The van der Waals surface area contributed by atoms with Crippen LogP contribution in [0.4, 0.5) is 10.6 Å². The number of halogens is 1. The average molecular weight is 481 g/mol. The van der Waals surface area contributed by atoms with E-state index in [-0.39, 0.29) is 25.0 Å². The van der Waals surface area contributed by atoms with Crippen molar-refractivity contribution in [3.63, 3.8) is 0 Å². The highest BCUT2D eigenvalue weighted by molar-refractivity contribution is 6.28. The van der Waals surface area contributed by atoms with Crippen molar-refractivity contribution in [3.8, 4) is 11.5 Å².